The lowest BCUT2D eigenvalue weighted by atomic mass is 9.93. The smallest absolute Gasteiger partial charge is 0.129 e. The molecule has 2 atom stereocenters. The molecule has 0 saturated heterocycles. The highest BCUT2D eigenvalue weighted by molar-refractivity contribution is 5.28. The van der Waals surface area contributed by atoms with E-state index in [0.29, 0.717) is 17.4 Å². The molecule has 0 bridgehead atoms. The van der Waals surface area contributed by atoms with E-state index in [-0.39, 0.29) is 11.9 Å². The molecule has 1 aliphatic carbocycles. The molecule has 0 amide bonds. The zero-order valence-corrected chi connectivity index (χ0v) is 10.5. The van der Waals surface area contributed by atoms with Gasteiger partial charge in [-0.05, 0) is 51.3 Å². The summed E-state index contributed by atoms with van der Waals surface area (Å²) in [5.41, 5.74) is 0.661. The Balaban J connectivity index is 1.97. The normalized spacial score (nSPS) is 24.6. The number of hydrogen-bond donors (Lipinski definition) is 1. The molecule has 17 heavy (non-hydrogen) atoms. The second-order valence-corrected chi connectivity index (χ2v) is 4.80. The molecule has 0 aromatic heterocycles. The Bertz CT molecular complexity index is 380. The largest absolute Gasteiger partial charge is 0.490 e. The van der Waals surface area contributed by atoms with E-state index in [1.54, 1.807) is 13.0 Å². The molecule has 1 N–H and O–H groups in total. The van der Waals surface area contributed by atoms with Gasteiger partial charge in [-0.15, -0.1) is 0 Å². The average Bonchev–Trinajstić information content (AvgIpc) is 2.34. The van der Waals surface area contributed by atoms with Crippen molar-refractivity contribution in [3.8, 4) is 5.75 Å². The lowest BCUT2D eigenvalue weighted by molar-refractivity contribution is 0.136. The van der Waals surface area contributed by atoms with Gasteiger partial charge in [-0.25, -0.2) is 4.39 Å². The Morgan fingerprint density at radius 2 is 2.18 bits per heavy atom. The monoisotopic (exact) mass is 237 g/mol. The van der Waals surface area contributed by atoms with Crippen molar-refractivity contribution in [1.29, 1.82) is 0 Å². The van der Waals surface area contributed by atoms with Crippen LogP contribution in [0.1, 0.15) is 31.2 Å². The van der Waals surface area contributed by atoms with Crippen LogP contribution in [0.2, 0.25) is 0 Å². The van der Waals surface area contributed by atoms with E-state index < -0.39 is 0 Å². The highest BCUT2D eigenvalue weighted by Gasteiger charge is 2.22. The molecule has 2 rings (SSSR count). The maximum atomic E-state index is 13.4. The van der Waals surface area contributed by atoms with Gasteiger partial charge in [0.25, 0.3) is 0 Å². The van der Waals surface area contributed by atoms with Crippen molar-refractivity contribution >= 4 is 0 Å². The van der Waals surface area contributed by atoms with Crippen LogP contribution in [0.15, 0.2) is 18.2 Å². The van der Waals surface area contributed by atoms with Gasteiger partial charge >= 0.3 is 0 Å². The van der Waals surface area contributed by atoms with Crippen molar-refractivity contribution < 1.29 is 9.13 Å². The quantitative estimate of drug-likeness (QED) is 0.872. The van der Waals surface area contributed by atoms with Crippen molar-refractivity contribution in [2.24, 2.45) is 0 Å². The fourth-order valence-electron chi connectivity index (χ4n) is 2.35. The van der Waals surface area contributed by atoms with Crippen LogP contribution >= 0.6 is 0 Å². The van der Waals surface area contributed by atoms with E-state index >= 15 is 0 Å². The first kappa shape index (κ1) is 12.4. The molecule has 0 aliphatic heterocycles. The first-order chi connectivity index (χ1) is 8.19. The minimum absolute atomic E-state index is 0.191. The second kappa shape index (κ2) is 5.50. The molecular formula is C14H20FNO. The van der Waals surface area contributed by atoms with Crippen LogP contribution < -0.4 is 10.1 Å². The van der Waals surface area contributed by atoms with Crippen LogP contribution in [-0.4, -0.2) is 19.2 Å². The van der Waals surface area contributed by atoms with Crippen molar-refractivity contribution in [1.82, 2.24) is 5.32 Å². The molecule has 1 fully saturated rings. The zero-order chi connectivity index (χ0) is 12.3. The summed E-state index contributed by atoms with van der Waals surface area (Å²) in [6, 6.07) is 5.63. The summed E-state index contributed by atoms with van der Waals surface area (Å²) >= 11 is 0. The molecular weight excluding hydrogens is 217 g/mol. The van der Waals surface area contributed by atoms with Crippen LogP contribution in [0.4, 0.5) is 4.39 Å². The molecule has 0 spiro atoms. The van der Waals surface area contributed by atoms with Gasteiger partial charge in [0.15, 0.2) is 0 Å². The second-order valence-electron chi connectivity index (χ2n) is 4.80. The van der Waals surface area contributed by atoms with Crippen LogP contribution in [0.25, 0.3) is 0 Å². The van der Waals surface area contributed by atoms with E-state index in [4.69, 9.17) is 4.74 Å². The molecule has 3 heteroatoms. The summed E-state index contributed by atoms with van der Waals surface area (Å²) in [7, 11) is 1.98. The molecule has 0 heterocycles. The van der Waals surface area contributed by atoms with E-state index in [1.807, 2.05) is 13.1 Å². The number of rotatable bonds is 3. The Morgan fingerprint density at radius 1 is 1.35 bits per heavy atom. The fraction of sp³-hybridized carbons (Fsp3) is 0.571. The molecule has 1 aliphatic rings. The number of halogens is 1. The van der Waals surface area contributed by atoms with Gasteiger partial charge in [0, 0.05) is 12.1 Å². The molecule has 1 aromatic carbocycles. The van der Waals surface area contributed by atoms with Crippen LogP contribution in [0.3, 0.4) is 0 Å². The van der Waals surface area contributed by atoms with E-state index in [0.717, 1.165) is 12.8 Å². The minimum Gasteiger partial charge on any atom is -0.490 e. The Kier molecular flexibility index (Phi) is 4.00. The highest BCUT2D eigenvalue weighted by Crippen LogP contribution is 2.24. The maximum Gasteiger partial charge on any atom is 0.129 e. The number of benzene rings is 1. The molecule has 0 radical (unpaired) electrons. The fourth-order valence-corrected chi connectivity index (χ4v) is 2.35. The molecule has 2 nitrogen and oxygen atoms in total. The van der Waals surface area contributed by atoms with Gasteiger partial charge in [-0.1, -0.05) is 6.07 Å². The third kappa shape index (κ3) is 3.19. The van der Waals surface area contributed by atoms with Gasteiger partial charge in [0.1, 0.15) is 17.7 Å². The zero-order valence-electron chi connectivity index (χ0n) is 10.5. The summed E-state index contributed by atoms with van der Waals surface area (Å²) < 4.78 is 19.2. The molecule has 2 unspecified atom stereocenters. The van der Waals surface area contributed by atoms with Crippen LogP contribution in [0, 0.1) is 12.7 Å². The Morgan fingerprint density at radius 3 is 2.88 bits per heavy atom. The summed E-state index contributed by atoms with van der Waals surface area (Å²) in [6.07, 6.45) is 4.66. The third-order valence-electron chi connectivity index (χ3n) is 3.48. The topological polar surface area (TPSA) is 21.3 Å². The third-order valence-corrected chi connectivity index (χ3v) is 3.48. The molecule has 1 aromatic rings. The van der Waals surface area contributed by atoms with Gasteiger partial charge in [0.2, 0.25) is 0 Å². The number of hydrogen-bond acceptors (Lipinski definition) is 2. The van der Waals surface area contributed by atoms with E-state index in [9.17, 15) is 4.39 Å². The Hall–Kier alpha value is -1.09. The van der Waals surface area contributed by atoms with E-state index in [1.165, 1.54) is 18.9 Å². The van der Waals surface area contributed by atoms with Gasteiger partial charge in [-0.3, -0.25) is 0 Å². The SMILES string of the molecule is CNC1CCCC(Oc2ccc(C)c(F)c2)C1. The lowest BCUT2D eigenvalue weighted by Gasteiger charge is -2.29. The van der Waals surface area contributed by atoms with Gasteiger partial charge in [-0.2, -0.15) is 0 Å². The van der Waals surface area contributed by atoms with E-state index in [2.05, 4.69) is 5.32 Å². The first-order valence-electron chi connectivity index (χ1n) is 6.29. The Labute approximate surface area is 102 Å². The summed E-state index contributed by atoms with van der Waals surface area (Å²) in [4.78, 5) is 0. The summed E-state index contributed by atoms with van der Waals surface area (Å²) in [5, 5.41) is 3.29. The average molecular weight is 237 g/mol. The molecule has 1 saturated carbocycles. The number of ether oxygens (including phenoxy) is 1. The summed E-state index contributed by atoms with van der Waals surface area (Å²) in [5.74, 6) is 0.457. The minimum atomic E-state index is -0.191. The first-order valence-corrected chi connectivity index (χ1v) is 6.29. The van der Waals surface area contributed by atoms with Gasteiger partial charge < -0.3 is 10.1 Å². The number of aryl methyl sites for hydroxylation is 1. The predicted octanol–water partition coefficient (Wildman–Crippen LogP) is 3.04. The highest BCUT2D eigenvalue weighted by atomic mass is 19.1. The number of nitrogens with one attached hydrogen (secondary N) is 1. The van der Waals surface area contributed by atoms with Crippen LogP contribution in [0.5, 0.6) is 5.75 Å². The standard InChI is InChI=1S/C14H20FNO/c1-10-6-7-13(9-14(10)15)17-12-5-3-4-11(8-12)16-2/h6-7,9,11-12,16H,3-5,8H2,1-2H3. The van der Waals surface area contributed by atoms with Crippen molar-refractivity contribution in [2.45, 2.75) is 44.8 Å². The summed E-state index contributed by atoms with van der Waals surface area (Å²) in [6.45, 7) is 1.76. The van der Waals surface area contributed by atoms with Crippen molar-refractivity contribution in [2.75, 3.05) is 7.05 Å². The van der Waals surface area contributed by atoms with Crippen LogP contribution in [-0.2, 0) is 0 Å². The van der Waals surface area contributed by atoms with Crippen molar-refractivity contribution in [3.05, 3.63) is 29.6 Å². The maximum absolute atomic E-state index is 13.4. The predicted molar refractivity (Wildman–Crippen MR) is 66.9 cm³/mol. The van der Waals surface area contributed by atoms with Crippen molar-refractivity contribution in [3.63, 3.8) is 0 Å². The van der Waals surface area contributed by atoms with Gasteiger partial charge in [0.05, 0.1) is 0 Å². The lowest BCUT2D eigenvalue weighted by Crippen LogP contribution is -2.36. The molecule has 94 valence electrons.